The average molecular weight is 286 g/mol. The molecule has 0 saturated carbocycles. The molecular formula is C14H14N4O3. The van der Waals surface area contributed by atoms with Crippen molar-refractivity contribution in [3.8, 4) is 0 Å². The zero-order chi connectivity index (χ0) is 15.1. The van der Waals surface area contributed by atoms with Crippen LogP contribution in [-0.4, -0.2) is 41.0 Å². The standard InChI is InChI=1S/C14H14N4O3/c1-9-8-15-12-10(4-3-5-11(12)18(20)21)13(9)17-7-6-16(2)14(17)19/h3-5,8H,6-7H2,1-2H3. The molecule has 0 radical (unpaired) electrons. The predicted molar refractivity (Wildman–Crippen MR) is 78.5 cm³/mol. The van der Waals surface area contributed by atoms with E-state index in [4.69, 9.17) is 0 Å². The van der Waals surface area contributed by atoms with E-state index in [1.54, 1.807) is 35.2 Å². The van der Waals surface area contributed by atoms with Gasteiger partial charge in [0.1, 0.15) is 5.52 Å². The second-order valence-electron chi connectivity index (χ2n) is 5.08. The number of likely N-dealkylation sites (N-methyl/N-ethyl adjacent to an activating group) is 1. The van der Waals surface area contributed by atoms with Gasteiger partial charge in [-0.3, -0.25) is 15.0 Å². The van der Waals surface area contributed by atoms with Gasteiger partial charge in [0.15, 0.2) is 0 Å². The molecule has 1 saturated heterocycles. The fourth-order valence-electron chi connectivity index (χ4n) is 2.65. The minimum Gasteiger partial charge on any atom is -0.326 e. The molecule has 108 valence electrons. The van der Waals surface area contributed by atoms with Crippen molar-refractivity contribution in [2.24, 2.45) is 0 Å². The van der Waals surface area contributed by atoms with Crippen molar-refractivity contribution in [1.82, 2.24) is 9.88 Å². The molecule has 2 aromatic rings. The number of carbonyl (C=O) groups is 1. The molecule has 2 heterocycles. The topological polar surface area (TPSA) is 79.6 Å². The van der Waals surface area contributed by atoms with E-state index in [2.05, 4.69) is 4.98 Å². The molecule has 0 aliphatic carbocycles. The summed E-state index contributed by atoms with van der Waals surface area (Å²) in [5, 5.41) is 11.8. The third-order valence-electron chi connectivity index (χ3n) is 3.71. The highest BCUT2D eigenvalue weighted by molar-refractivity contribution is 6.06. The van der Waals surface area contributed by atoms with E-state index in [0.717, 1.165) is 5.56 Å². The van der Waals surface area contributed by atoms with Gasteiger partial charge in [0.05, 0.1) is 10.6 Å². The first kappa shape index (κ1) is 13.3. The van der Waals surface area contributed by atoms with Crippen LogP contribution < -0.4 is 4.90 Å². The third-order valence-corrected chi connectivity index (χ3v) is 3.71. The summed E-state index contributed by atoms with van der Waals surface area (Å²) in [6, 6.07) is 4.71. The van der Waals surface area contributed by atoms with Gasteiger partial charge in [-0.25, -0.2) is 9.78 Å². The number of carbonyl (C=O) groups excluding carboxylic acids is 1. The maximum Gasteiger partial charge on any atom is 0.324 e. The fraction of sp³-hybridized carbons (Fsp3) is 0.286. The largest absolute Gasteiger partial charge is 0.326 e. The molecule has 7 nitrogen and oxygen atoms in total. The maximum atomic E-state index is 12.2. The van der Waals surface area contributed by atoms with Crippen LogP contribution in [0.1, 0.15) is 5.56 Å². The average Bonchev–Trinajstić information content (AvgIpc) is 2.78. The number of rotatable bonds is 2. The molecule has 0 spiro atoms. The van der Waals surface area contributed by atoms with Crippen molar-refractivity contribution in [1.29, 1.82) is 0 Å². The van der Waals surface area contributed by atoms with E-state index >= 15 is 0 Å². The van der Waals surface area contributed by atoms with Gasteiger partial charge in [0.2, 0.25) is 0 Å². The van der Waals surface area contributed by atoms with Crippen LogP contribution in [0.15, 0.2) is 24.4 Å². The van der Waals surface area contributed by atoms with Crippen molar-refractivity contribution in [2.75, 3.05) is 25.0 Å². The SMILES string of the molecule is Cc1cnc2c([N+](=O)[O-])cccc2c1N1CCN(C)C1=O. The van der Waals surface area contributed by atoms with E-state index < -0.39 is 4.92 Å². The molecule has 1 fully saturated rings. The lowest BCUT2D eigenvalue weighted by Gasteiger charge is -2.20. The quantitative estimate of drug-likeness (QED) is 0.627. The third kappa shape index (κ3) is 1.97. The maximum absolute atomic E-state index is 12.2. The van der Waals surface area contributed by atoms with Gasteiger partial charge in [-0.1, -0.05) is 12.1 Å². The van der Waals surface area contributed by atoms with Gasteiger partial charge >= 0.3 is 6.03 Å². The van der Waals surface area contributed by atoms with Crippen molar-refractivity contribution < 1.29 is 9.72 Å². The zero-order valence-corrected chi connectivity index (χ0v) is 11.7. The molecule has 1 aliphatic heterocycles. The monoisotopic (exact) mass is 286 g/mol. The number of aryl methyl sites for hydroxylation is 1. The summed E-state index contributed by atoms with van der Waals surface area (Å²) in [6.45, 7) is 3.06. The van der Waals surface area contributed by atoms with Gasteiger partial charge in [-0.2, -0.15) is 0 Å². The molecule has 3 rings (SSSR count). The number of nitrogens with zero attached hydrogens (tertiary/aromatic N) is 4. The Bertz CT molecular complexity index is 759. The molecule has 0 unspecified atom stereocenters. The minimum atomic E-state index is -0.452. The second-order valence-corrected chi connectivity index (χ2v) is 5.08. The highest BCUT2D eigenvalue weighted by Crippen LogP contribution is 2.34. The number of fused-ring (bicyclic) bond motifs is 1. The Labute approximate surface area is 120 Å². The molecule has 1 aliphatic rings. The Kier molecular flexibility index (Phi) is 2.97. The Morgan fingerprint density at radius 3 is 2.71 bits per heavy atom. The number of urea groups is 1. The zero-order valence-electron chi connectivity index (χ0n) is 11.7. The number of para-hydroxylation sites is 1. The molecule has 0 N–H and O–H groups in total. The molecule has 1 aromatic heterocycles. The number of anilines is 1. The van der Waals surface area contributed by atoms with Gasteiger partial charge < -0.3 is 4.90 Å². The number of amides is 2. The molecule has 2 amide bonds. The highest BCUT2D eigenvalue weighted by atomic mass is 16.6. The van der Waals surface area contributed by atoms with Crippen LogP contribution in [0, 0.1) is 17.0 Å². The van der Waals surface area contributed by atoms with Gasteiger partial charge in [0, 0.05) is 37.8 Å². The molecule has 21 heavy (non-hydrogen) atoms. The first-order chi connectivity index (χ1) is 10.0. The van der Waals surface area contributed by atoms with Crippen molar-refractivity contribution in [3.63, 3.8) is 0 Å². The molecule has 0 atom stereocenters. The lowest BCUT2D eigenvalue weighted by atomic mass is 10.1. The number of non-ortho nitro benzene ring substituents is 1. The van der Waals surface area contributed by atoms with E-state index in [9.17, 15) is 14.9 Å². The Balaban J connectivity index is 2.27. The number of hydrogen-bond acceptors (Lipinski definition) is 4. The lowest BCUT2D eigenvalue weighted by Crippen LogP contribution is -2.29. The second kappa shape index (κ2) is 4.69. The van der Waals surface area contributed by atoms with Gasteiger partial charge in [0.25, 0.3) is 5.69 Å². The number of aromatic nitrogens is 1. The first-order valence-electron chi connectivity index (χ1n) is 6.56. The molecule has 0 bridgehead atoms. The van der Waals surface area contributed by atoms with Crippen LogP contribution in [0.5, 0.6) is 0 Å². The highest BCUT2D eigenvalue weighted by Gasteiger charge is 2.30. The number of pyridine rings is 1. The molecule has 1 aromatic carbocycles. The molecular weight excluding hydrogens is 272 g/mol. The summed E-state index contributed by atoms with van der Waals surface area (Å²) in [6.07, 6.45) is 1.58. The van der Waals surface area contributed by atoms with Crippen LogP contribution in [-0.2, 0) is 0 Å². The van der Waals surface area contributed by atoms with E-state index in [1.807, 2.05) is 6.92 Å². The van der Waals surface area contributed by atoms with Crippen molar-refractivity contribution in [2.45, 2.75) is 6.92 Å². The normalized spacial score (nSPS) is 15.0. The number of nitro groups is 1. The summed E-state index contributed by atoms with van der Waals surface area (Å²) < 4.78 is 0. The van der Waals surface area contributed by atoms with E-state index in [1.165, 1.54) is 6.07 Å². The summed E-state index contributed by atoms with van der Waals surface area (Å²) in [5.74, 6) is 0. The van der Waals surface area contributed by atoms with E-state index in [-0.39, 0.29) is 11.7 Å². The Morgan fingerprint density at radius 1 is 1.33 bits per heavy atom. The molecule has 7 heteroatoms. The van der Waals surface area contributed by atoms with Gasteiger partial charge in [-0.15, -0.1) is 0 Å². The number of hydrogen-bond donors (Lipinski definition) is 0. The first-order valence-corrected chi connectivity index (χ1v) is 6.56. The van der Waals surface area contributed by atoms with E-state index in [0.29, 0.717) is 29.7 Å². The number of nitro benzene ring substituents is 1. The van der Waals surface area contributed by atoms with Crippen LogP contribution in [0.4, 0.5) is 16.2 Å². The van der Waals surface area contributed by atoms with Gasteiger partial charge in [-0.05, 0) is 12.5 Å². The Hall–Kier alpha value is -2.70. The van der Waals surface area contributed by atoms with Crippen LogP contribution in [0.2, 0.25) is 0 Å². The number of benzene rings is 1. The van der Waals surface area contributed by atoms with Crippen molar-refractivity contribution in [3.05, 3.63) is 40.1 Å². The fourth-order valence-corrected chi connectivity index (χ4v) is 2.65. The predicted octanol–water partition coefficient (Wildman–Crippen LogP) is 2.32. The minimum absolute atomic E-state index is 0.0475. The smallest absolute Gasteiger partial charge is 0.324 e. The summed E-state index contributed by atoms with van der Waals surface area (Å²) >= 11 is 0. The van der Waals surface area contributed by atoms with Crippen LogP contribution >= 0.6 is 0 Å². The van der Waals surface area contributed by atoms with Crippen LogP contribution in [0.25, 0.3) is 10.9 Å². The summed E-state index contributed by atoms with van der Waals surface area (Å²) in [4.78, 5) is 30.4. The lowest BCUT2D eigenvalue weighted by molar-refractivity contribution is -0.383. The van der Waals surface area contributed by atoms with Crippen molar-refractivity contribution >= 4 is 28.3 Å². The Morgan fingerprint density at radius 2 is 2.10 bits per heavy atom. The summed E-state index contributed by atoms with van der Waals surface area (Å²) in [7, 11) is 1.74. The van der Waals surface area contributed by atoms with Crippen LogP contribution in [0.3, 0.4) is 0 Å². The summed E-state index contributed by atoms with van der Waals surface area (Å²) in [5.41, 5.74) is 1.80.